The number of rotatable bonds is 9. The monoisotopic (exact) mass is 411 g/mol. The minimum Gasteiger partial charge on any atom is -0.492 e. The fourth-order valence-electron chi connectivity index (χ4n) is 2.67. The van der Waals surface area contributed by atoms with Crippen molar-refractivity contribution in [2.45, 2.75) is 45.2 Å². The number of benzene rings is 1. The molecule has 0 saturated carbocycles. The fourth-order valence-corrected chi connectivity index (χ4v) is 3.89. The molecule has 0 saturated heterocycles. The summed E-state index contributed by atoms with van der Waals surface area (Å²) in [5.41, 5.74) is 0.281. The molecule has 0 radical (unpaired) electrons. The van der Waals surface area contributed by atoms with Gasteiger partial charge in [0.05, 0.1) is 30.3 Å². The summed E-state index contributed by atoms with van der Waals surface area (Å²) in [4.78, 5) is 11.4. The molecule has 1 heterocycles. The molecular weight excluding hydrogens is 386 g/mol. The number of carbonyl (C=O) groups is 1. The lowest BCUT2D eigenvalue weighted by atomic mass is 10.3. The van der Waals surface area contributed by atoms with Crippen molar-refractivity contribution in [1.82, 2.24) is 19.5 Å². The molecule has 1 aromatic heterocycles. The Bertz CT molecular complexity index is 941. The van der Waals surface area contributed by atoms with Gasteiger partial charge in [-0.25, -0.2) is 13.1 Å². The average Bonchev–Trinajstić information content (AvgIpc) is 3.05. The molecule has 0 unspecified atom stereocenters. The fraction of sp³-hybridized carbons (Fsp3) is 0.471. The van der Waals surface area contributed by atoms with Crippen LogP contribution in [0.5, 0.6) is 11.8 Å². The molecule has 10 nitrogen and oxygen atoms in total. The molecule has 1 aromatic carbocycles. The third-order valence-electron chi connectivity index (χ3n) is 3.84. The Hall–Kier alpha value is -2.66. The van der Waals surface area contributed by atoms with E-state index in [0.717, 1.165) is 0 Å². The second-order valence-corrected chi connectivity index (χ2v) is 7.62. The topological polar surface area (TPSA) is 124 Å². The van der Waals surface area contributed by atoms with Gasteiger partial charge in [0.2, 0.25) is 15.9 Å². The summed E-state index contributed by atoms with van der Waals surface area (Å²) in [5.74, 6) is 0.482. The van der Waals surface area contributed by atoms with Crippen LogP contribution in [0.3, 0.4) is 0 Å². The highest BCUT2D eigenvalue weighted by Gasteiger charge is 2.24. The quantitative estimate of drug-likeness (QED) is 0.643. The molecule has 0 aliphatic carbocycles. The van der Waals surface area contributed by atoms with E-state index in [0.29, 0.717) is 30.7 Å². The number of sulfonamides is 1. The molecule has 0 bridgehead atoms. The van der Waals surface area contributed by atoms with Gasteiger partial charge in [-0.1, -0.05) is 5.10 Å². The SMILES string of the molecule is CCOc1ccc(S(=O)(=O)N[C@H](C)c2nnc(OC)n2CC)cc1NC(C)=O. The maximum atomic E-state index is 12.8. The van der Waals surface area contributed by atoms with Gasteiger partial charge in [-0.15, -0.1) is 5.10 Å². The molecule has 28 heavy (non-hydrogen) atoms. The van der Waals surface area contributed by atoms with E-state index in [9.17, 15) is 13.2 Å². The number of carbonyl (C=O) groups excluding carboxylic acids is 1. The van der Waals surface area contributed by atoms with Gasteiger partial charge >= 0.3 is 6.01 Å². The lowest BCUT2D eigenvalue weighted by Crippen LogP contribution is -2.29. The summed E-state index contributed by atoms with van der Waals surface area (Å²) in [6.45, 7) is 7.57. The molecule has 154 valence electrons. The number of anilines is 1. The van der Waals surface area contributed by atoms with Gasteiger partial charge in [-0.2, -0.15) is 0 Å². The van der Waals surface area contributed by atoms with Crippen molar-refractivity contribution in [2.24, 2.45) is 0 Å². The number of aromatic nitrogens is 3. The van der Waals surface area contributed by atoms with Gasteiger partial charge < -0.3 is 14.8 Å². The van der Waals surface area contributed by atoms with Crippen molar-refractivity contribution in [3.63, 3.8) is 0 Å². The van der Waals surface area contributed by atoms with Crippen molar-refractivity contribution >= 4 is 21.6 Å². The number of nitrogens with one attached hydrogen (secondary N) is 2. The lowest BCUT2D eigenvalue weighted by Gasteiger charge is -2.16. The molecule has 11 heteroatoms. The van der Waals surface area contributed by atoms with Gasteiger partial charge in [-0.3, -0.25) is 9.36 Å². The summed E-state index contributed by atoms with van der Waals surface area (Å²) < 4.78 is 40.5. The van der Waals surface area contributed by atoms with Crippen molar-refractivity contribution in [3.05, 3.63) is 24.0 Å². The minimum absolute atomic E-state index is 0.0129. The van der Waals surface area contributed by atoms with Crippen molar-refractivity contribution < 1.29 is 22.7 Å². The van der Waals surface area contributed by atoms with Crippen LogP contribution in [-0.2, 0) is 21.4 Å². The van der Waals surface area contributed by atoms with Crippen LogP contribution in [0.2, 0.25) is 0 Å². The zero-order valence-corrected chi connectivity index (χ0v) is 17.3. The smallest absolute Gasteiger partial charge is 0.316 e. The Morgan fingerprint density at radius 3 is 2.57 bits per heavy atom. The zero-order chi connectivity index (χ0) is 20.9. The summed E-state index contributed by atoms with van der Waals surface area (Å²) in [6, 6.07) is 3.92. The normalized spacial score (nSPS) is 12.5. The van der Waals surface area contributed by atoms with Crippen LogP contribution in [-0.4, -0.2) is 42.8 Å². The summed E-state index contributed by atoms with van der Waals surface area (Å²) in [5, 5.41) is 10.5. The van der Waals surface area contributed by atoms with E-state index in [1.54, 1.807) is 18.4 Å². The second-order valence-electron chi connectivity index (χ2n) is 5.90. The Morgan fingerprint density at radius 1 is 1.29 bits per heavy atom. The highest BCUT2D eigenvalue weighted by Crippen LogP contribution is 2.28. The largest absolute Gasteiger partial charge is 0.492 e. The summed E-state index contributed by atoms with van der Waals surface area (Å²) in [7, 11) is -2.43. The number of nitrogens with zero attached hydrogens (tertiary/aromatic N) is 3. The first-order valence-corrected chi connectivity index (χ1v) is 10.3. The average molecular weight is 411 g/mol. The van der Waals surface area contributed by atoms with Crippen LogP contribution in [0.1, 0.15) is 39.6 Å². The first kappa shape index (κ1) is 21.6. The van der Waals surface area contributed by atoms with E-state index in [2.05, 4.69) is 20.2 Å². The predicted molar refractivity (Wildman–Crippen MR) is 103 cm³/mol. The van der Waals surface area contributed by atoms with Crippen LogP contribution in [0.4, 0.5) is 5.69 Å². The van der Waals surface area contributed by atoms with Gasteiger partial charge in [0, 0.05) is 13.5 Å². The standard InChI is InChI=1S/C17H25N5O5S/c1-6-22-16(19-20-17(22)26-5)11(3)21-28(24,25)13-8-9-15(27-7-2)14(10-13)18-12(4)23/h8-11,21H,6-7H2,1-5H3,(H,18,23)/t11-/m1/s1. The molecular formula is C17H25N5O5S. The van der Waals surface area contributed by atoms with E-state index >= 15 is 0 Å². The molecule has 1 amide bonds. The molecule has 0 aliphatic rings. The van der Waals surface area contributed by atoms with Gasteiger partial charge in [0.15, 0.2) is 5.82 Å². The zero-order valence-electron chi connectivity index (χ0n) is 16.5. The van der Waals surface area contributed by atoms with Gasteiger partial charge in [0.1, 0.15) is 5.75 Å². The number of amides is 1. The van der Waals surface area contributed by atoms with Crippen LogP contribution >= 0.6 is 0 Å². The highest BCUT2D eigenvalue weighted by molar-refractivity contribution is 7.89. The number of ether oxygens (including phenoxy) is 2. The van der Waals surface area contributed by atoms with E-state index in [4.69, 9.17) is 9.47 Å². The summed E-state index contributed by atoms with van der Waals surface area (Å²) >= 11 is 0. The molecule has 1 atom stereocenters. The molecule has 0 aliphatic heterocycles. The predicted octanol–water partition coefficient (Wildman–Crippen LogP) is 1.70. The minimum atomic E-state index is -3.90. The Labute approximate surface area is 164 Å². The third-order valence-corrected chi connectivity index (χ3v) is 5.37. The maximum Gasteiger partial charge on any atom is 0.316 e. The molecule has 2 aromatic rings. The Morgan fingerprint density at radius 2 is 2.00 bits per heavy atom. The molecule has 2 N–H and O–H groups in total. The number of methoxy groups -OCH3 is 1. The Kier molecular flexibility index (Phi) is 6.97. The number of hydrogen-bond acceptors (Lipinski definition) is 7. The van der Waals surface area contributed by atoms with Crippen LogP contribution in [0, 0.1) is 0 Å². The van der Waals surface area contributed by atoms with E-state index in [1.807, 2.05) is 6.92 Å². The van der Waals surface area contributed by atoms with E-state index in [1.165, 1.54) is 32.2 Å². The molecule has 0 fully saturated rings. The van der Waals surface area contributed by atoms with Crippen molar-refractivity contribution in [3.8, 4) is 11.8 Å². The van der Waals surface area contributed by atoms with E-state index in [-0.39, 0.29) is 16.5 Å². The van der Waals surface area contributed by atoms with Crippen molar-refractivity contribution in [1.29, 1.82) is 0 Å². The third kappa shape index (κ3) is 4.78. The molecule has 0 spiro atoms. The first-order chi connectivity index (χ1) is 13.2. The van der Waals surface area contributed by atoms with E-state index < -0.39 is 16.1 Å². The summed E-state index contributed by atoms with van der Waals surface area (Å²) in [6.07, 6.45) is 0. The van der Waals surface area contributed by atoms with Gasteiger partial charge in [0.25, 0.3) is 0 Å². The maximum absolute atomic E-state index is 12.8. The van der Waals surface area contributed by atoms with Crippen LogP contribution < -0.4 is 19.5 Å². The first-order valence-electron chi connectivity index (χ1n) is 8.77. The second kappa shape index (κ2) is 9.02. The van der Waals surface area contributed by atoms with Crippen molar-refractivity contribution in [2.75, 3.05) is 19.0 Å². The molecule has 2 rings (SSSR count). The lowest BCUT2D eigenvalue weighted by molar-refractivity contribution is -0.114. The number of hydrogen-bond donors (Lipinski definition) is 2. The van der Waals surface area contributed by atoms with Gasteiger partial charge in [-0.05, 0) is 39.0 Å². The highest BCUT2D eigenvalue weighted by atomic mass is 32.2. The Balaban J connectivity index is 2.33. The van der Waals surface area contributed by atoms with Crippen LogP contribution in [0.15, 0.2) is 23.1 Å². The van der Waals surface area contributed by atoms with Crippen LogP contribution in [0.25, 0.3) is 0 Å².